The summed E-state index contributed by atoms with van der Waals surface area (Å²) in [6.45, 7) is 1.78. The zero-order valence-corrected chi connectivity index (χ0v) is 14.4. The van der Waals surface area contributed by atoms with Crippen LogP contribution in [0.1, 0.15) is 58.3 Å². The van der Waals surface area contributed by atoms with Crippen LogP contribution in [0.25, 0.3) is 0 Å². The predicted octanol–water partition coefficient (Wildman–Crippen LogP) is 3.50. The van der Waals surface area contributed by atoms with Crippen molar-refractivity contribution in [1.29, 1.82) is 0 Å². The van der Waals surface area contributed by atoms with Crippen LogP contribution in [-0.4, -0.2) is 28.1 Å². The van der Waals surface area contributed by atoms with E-state index < -0.39 is 12.1 Å². The number of carboxylic acid groups (broad SMARTS) is 1. The SMILES string of the molecule is CC#CCC[C@H](O)C=C[C@H]1CCC(=O)[C@@H]1CC=CCCCC(=O)O. The monoisotopic (exact) mass is 332 g/mol. The second-order valence-electron chi connectivity index (χ2n) is 6.19. The number of rotatable bonds is 10. The van der Waals surface area contributed by atoms with E-state index in [0.717, 1.165) is 12.8 Å². The molecule has 4 heteroatoms. The van der Waals surface area contributed by atoms with Crippen LogP contribution in [0, 0.1) is 23.7 Å². The largest absolute Gasteiger partial charge is 0.481 e. The fraction of sp³-hybridized carbons (Fsp3) is 0.600. The average molecular weight is 332 g/mol. The molecule has 2 N–H and O–H groups in total. The Bertz CT molecular complexity index is 521. The van der Waals surface area contributed by atoms with E-state index in [1.807, 2.05) is 18.2 Å². The van der Waals surface area contributed by atoms with E-state index >= 15 is 0 Å². The summed E-state index contributed by atoms with van der Waals surface area (Å²) in [7, 11) is 0. The van der Waals surface area contributed by atoms with Crippen LogP contribution < -0.4 is 0 Å². The van der Waals surface area contributed by atoms with Gasteiger partial charge in [-0.3, -0.25) is 9.59 Å². The zero-order valence-electron chi connectivity index (χ0n) is 14.4. The summed E-state index contributed by atoms with van der Waals surface area (Å²) >= 11 is 0. The molecule has 24 heavy (non-hydrogen) atoms. The standard InChI is InChI=1S/C20H28O4/c1-2-3-6-9-17(21)14-12-16-13-15-19(22)18(16)10-7-4-5-8-11-20(23)24/h4,7,12,14,16-18,21H,5-6,8-11,13,15H2,1H3,(H,23,24)/t16-,17-,18+/m0/s1. The molecule has 4 nitrogen and oxygen atoms in total. The second-order valence-corrected chi connectivity index (χ2v) is 6.19. The molecule has 3 atom stereocenters. The maximum Gasteiger partial charge on any atom is 0.303 e. The van der Waals surface area contributed by atoms with Gasteiger partial charge in [-0.15, -0.1) is 11.8 Å². The summed E-state index contributed by atoms with van der Waals surface area (Å²) < 4.78 is 0. The van der Waals surface area contributed by atoms with Crippen LogP contribution in [0.15, 0.2) is 24.3 Å². The van der Waals surface area contributed by atoms with Crippen molar-refractivity contribution < 1.29 is 19.8 Å². The second kappa shape index (κ2) is 11.6. The fourth-order valence-electron chi connectivity index (χ4n) is 2.91. The lowest BCUT2D eigenvalue weighted by atomic mass is 9.91. The Hall–Kier alpha value is -1.86. The maximum absolute atomic E-state index is 12.0. The molecule has 0 aromatic carbocycles. The molecule has 0 spiro atoms. The summed E-state index contributed by atoms with van der Waals surface area (Å²) in [6.07, 6.45) is 12.2. The van der Waals surface area contributed by atoms with Crippen LogP contribution in [-0.2, 0) is 9.59 Å². The van der Waals surface area contributed by atoms with Crippen molar-refractivity contribution in [3.63, 3.8) is 0 Å². The zero-order chi connectivity index (χ0) is 17.8. The molecule has 1 saturated carbocycles. The van der Waals surface area contributed by atoms with Crippen molar-refractivity contribution in [2.75, 3.05) is 0 Å². The highest BCUT2D eigenvalue weighted by Crippen LogP contribution is 2.32. The number of ketones is 1. The minimum Gasteiger partial charge on any atom is -0.481 e. The third-order valence-electron chi connectivity index (χ3n) is 4.29. The van der Waals surface area contributed by atoms with Gasteiger partial charge in [-0.25, -0.2) is 0 Å². The highest BCUT2D eigenvalue weighted by molar-refractivity contribution is 5.83. The number of Topliss-reactive ketones (excluding diaryl/α,β-unsaturated/α-hetero) is 1. The lowest BCUT2D eigenvalue weighted by Gasteiger charge is -2.13. The molecule has 0 saturated heterocycles. The molecule has 0 heterocycles. The average Bonchev–Trinajstić information content (AvgIpc) is 2.89. The Balaban J connectivity index is 2.40. The normalized spacial score (nSPS) is 22.0. The quantitative estimate of drug-likeness (QED) is 0.365. The van der Waals surface area contributed by atoms with Gasteiger partial charge in [0, 0.05) is 25.2 Å². The Morgan fingerprint density at radius 2 is 2.21 bits per heavy atom. The Labute approximate surface area is 144 Å². The summed E-state index contributed by atoms with van der Waals surface area (Å²) in [4.78, 5) is 22.5. The van der Waals surface area contributed by atoms with Gasteiger partial charge in [0.1, 0.15) is 5.78 Å². The van der Waals surface area contributed by atoms with Gasteiger partial charge in [-0.1, -0.05) is 24.3 Å². The lowest BCUT2D eigenvalue weighted by Crippen LogP contribution is -2.13. The molecular weight excluding hydrogens is 304 g/mol. The molecule has 0 amide bonds. The Kier molecular flexibility index (Phi) is 9.79. The molecule has 132 valence electrons. The minimum absolute atomic E-state index is 0.0143. The molecule has 0 radical (unpaired) electrons. The minimum atomic E-state index is -0.775. The van der Waals surface area contributed by atoms with Crippen molar-refractivity contribution in [2.24, 2.45) is 11.8 Å². The molecule has 1 rings (SSSR count). The molecule has 0 aliphatic heterocycles. The van der Waals surface area contributed by atoms with Gasteiger partial charge in [0.05, 0.1) is 6.10 Å². The van der Waals surface area contributed by atoms with Gasteiger partial charge in [-0.2, -0.15) is 0 Å². The molecule has 0 aromatic heterocycles. The molecule has 1 aliphatic rings. The van der Waals surface area contributed by atoms with Crippen molar-refractivity contribution in [3.8, 4) is 11.8 Å². The van der Waals surface area contributed by atoms with Gasteiger partial charge >= 0.3 is 5.97 Å². The molecular formula is C20H28O4. The van der Waals surface area contributed by atoms with Crippen LogP contribution >= 0.6 is 0 Å². The highest BCUT2D eigenvalue weighted by Gasteiger charge is 2.31. The topological polar surface area (TPSA) is 74.6 Å². The molecule has 1 fully saturated rings. The third kappa shape index (κ3) is 8.12. The number of aliphatic hydroxyl groups excluding tert-OH is 1. The van der Waals surface area contributed by atoms with Gasteiger partial charge in [0.2, 0.25) is 0 Å². The van der Waals surface area contributed by atoms with Gasteiger partial charge in [0.25, 0.3) is 0 Å². The molecule has 0 bridgehead atoms. The van der Waals surface area contributed by atoms with Crippen LogP contribution in [0.2, 0.25) is 0 Å². The van der Waals surface area contributed by atoms with Crippen LogP contribution in [0.5, 0.6) is 0 Å². The Morgan fingerprint density at radius 3 is 2.92 bits per heavy atom. The summed E-state index contributed by atoms with van der Waals surface area (Å²) in [5.41, 5.74) is 0. The number of unbranched alkanes of at least 4 members (excludes halogenated alkanes) is 1. The first-order chi connectivity index (χ1) is 11.5. The van der Waals surface area contributed by atoms with E-state index in [2.05, 4.69) is 11.8 Å². The smallest absolute Gasteiger partial charge is 0.303 e. The van der Waals surface area contributed by atoms with Crippen molar-refractivity contribution in [3.05, 3.63) is 24.3 Å². The number of hydrogen-bond donors (Lipinski definition) is 2. The summed E-state index contributed by atoms with van der Waals surface area (Å²) in [6, 6.07) is 0. The van der Waals surface area contributed by atoms with E-state index in [1.54, 1.807) is 13.0 Å². The number of hydrogen-bond acceptors (Lipinski definition) is 3. The molecule has 1 aliphatic carbocycles. The number of carbonyl (C=O) groups excluding carboxylic acids is 1. The van der Waals surface area contributed by atoms with E-state index in [0.29, 0.717) is 32.1 Å². The maximum atomic E-state index is 12.0. The van der Waals surface area contributed by atoms with E-state index in [4.69, 9.17) is 5.11 Å². The fourth-order valence-corrected chi connectivity index (χ4v) is 2.91. The first kappa shape index (κ1) is 20.2. The first-order valence-corrected chi connectivity index (χ1v) is 8.70. The van der Waals surface area contributed by atoms with E-state index in [9.17, 15) is 14.7 Å². The molecule has 0 unspecified atom stereocenters. The highest BCUT2D eigenvalue weighted by atomic mass is 16.4. The van der Waals surface area contributed by atoms with Crippen LogP contribution in [0.3, 0.4) is 0 Å². The number of aliphatic carboxylic acids is 1. The third-order valence-corrected chi connectivity index (χ3v) is 4.29. The van der Waals surface area contributed by atoms with E-state index in [-0.39, 0.29) is 24.0 Å². The molecule has 0 aromatic rings. The number of carbonyl (C=O) groups is 2. The number of allylic oxidation sites excluding steroid dienone is 3. The Morgan fingerprint density at radius 1 is 1.42 bits per heavy atom. The first-order valence-electron chi connectivity index (χ1n) is 8.70. The van der Waals surface area contributed by atoms with Crippen molar-refractivity contribution >= 4 is 11.8 Å². The van der Waals surface area contributed by atoms with Gasteiger partial charge in [0.15, 0.2) is 0 Å². The van der Waals surface area contributed by atoms with E-state index in [1.165, 1.54) is 0 Å². The van der Waals surface area contributed by atoms with Crippen LogP contribution in [0.4, 0.5) is 0 Å². The summed E-state index contributed by atoms with van der Waals surface area (Å²) in [5.74, 6) is 5.42. The lowest BCUT2D eigenvalue weighted by molar-refractivity contribution is -0.137. The number of aliphatic hydroxyl groups is 1. The van der Waals surface area contributed by atoms with Crippen molar-refractivity contribution in [1.82, 2.24) is 0 Å². The number of carboxylic acids is 1. The summed E-state index contributed by atoms with van der Waals surface area (Å²) in [5, 5.41) is 18.5. The van der Waals surface area contributed by atoms with Crippen molar-refractivity contribution in [2.45, 2.75) is 64.4 Å². The predicted molar refractivity (Wildman–Crippen MR) is 94.3 cm³/mol. The van der Waals surface area contributed by atoms with Gasteiger partial charge in [-0.05, 0) is 44.9 Å². The van der Waals surface area contributed by atoms with Gasteiger partial charge < -0.3 is 10.2 Å².